The molecule has 0 heterocycles. The van der Waals surface area contributed by atoms with Crippen LogP contribution in [0.1, 0.15) is 16.4 Å². The number of nitrogens with two attached hydrogens (primary N) is 1. The number of hydrogen-bond acceptors (Lipinski definition) is 3. The van der Waals surface area contributed by atoms with Crippen LogP contribution in [0.25, 0.3) is 0 Å². The maximum atomic E-state index is 13.3. The largest absolute Gasteiger partial charge is 0.494 e. The first-order valence-corrected chi connectivity index (χ1v) is 9.09. The minimum atomic E-state index is -0.322. The molecule has 0 aliphatic rings. The molecule has 27 heavy (non-hydrogen) atoms. The van der Waals surface area contributed by atoms with E-state index in [9.17, 15) is 8.78 Å². The molecule has 0 saturated carbocycles. The minimum Gasteiger partial charge on any atom is -0.494 e. The first-order valence-electron chi connectivity index (χ1n) is 8.21. The third-order valence-corrected chi connectivity index (χ3v) is 5.01. The number of nitrogens with zero attached hydrogens (tertiary/aromatic N) is 1. The Labute approximate surface area is 160 Å². The molecule has 0 atom stereocenters. The zero-order chi connectivity index (χ0) is 19.2. The molecule has 0 aliphatic carbocycles. The Balaban J connectivity index is 1.94. The summed E-state index contributed by atoms with van der Waals surface area (Å²) in [5.74, 6) is -0.0318. The van der Waals surface area contributed by atoms with Crippen molar-refractivity contribution < 1.29 is 13.5 Å². The van der Waals surface area contributed by atoms with E-state index in [1.165, 1.54) is 36.0 Å². The number of halogens is 2. The molecule has 0 fully saturated rings. The standard InChI is InChI=1S/C21H18F2N2OS/c1-26-19-5-3-2-4-18(19)25-21(24)27-20(14-6-10-16(22)11-7-14)15-8-12-17(23)13-9-15/h2-13,20H,1H3,(H2,24,25). The average molecular weight is 384 g/mol. The van der Waals surface area contributed by atoms with E-state index in [-0.39, 0.29) is 16.9 Å². The van der Waals surface area contributed by atoms with Crippen molar-refractivity contribution in [3.05, 3.63) is 95.6 Å². The van der Waals surface area contributed by atoms with Crippen LogP contribution in [0.15, 0.2) is 77.8 Å². The van der Waals surface area contributed by atoms with Crippen molar-refractivity contribution in [3.63, 3.8) is 0 Å². The van der Waals surface area contributed by atoms with Gasteiger partial charge in [0.25, 0.3) is 0 Å². The van der Waals surface area contributed by atoms with E-state index in [0.29, 0.717) is 16.6 Å². The Bertz CT molecular complexity index is 882. The molecule has 3 aromatic rings. The molecule has 3 rings (SSSR count). The lowest BCUT2D eigenvalue weighted by atomic mass is 10.0. The fraction of sp³-hybridized carbons (Fsp3) is 0.0952. The van der Waals surface area contributed by atoms with Gasteiger partial charge in [-0.1, -0.05) is 48.2 Å². The molecule has 3 aromatic carbocycles. The van der Waals surface area contributed by atoms with Crippen molar-refractivity contribution in [1.82, 2.24) is 0 Å². The van der Waals surface area contributed by atoms with Gasteiger partial charge in [-0.25, -0.2) is 13.8 Å². The summed E-state index contributed by atoms with van der Waals surface area (Å²) in [6.45, 7) is 0. The molecule has 0 spiro atoms. The van der Waals surface area contributed by atoms with Gasteiger partial charge in [0.1, 0.15) is 23.1 Å². The lowest BCUT2D eigenvalue weighted by Gasteiger charge is -2.17. The van der Waals surface area contributed by atoms with Crippen molar-refractivity contribution in [3.8, 4) is 5.75 Å². The Morgan fingerprint density at radius 2 is 1.41 bits per heavy atom. The quantitative estimate of drug-likeness (QED) is 0.470. The van der Waals surface area contributed by atoms with E-state index >= 15 is 0 Å². The molecule has 138 valence electrons. The SMILES string of the molecule is COc1ccccc1N=C(N)SC(c1ccc(F)cc1)c1ccc(F)cc1. The third kappa shape index (κ3) is 4.86. The molecule has 6 heteroatoms. The van der Waals surface area contributed by atoms with Gasteiger partial charge in [0.05, 0.1) is 12.4 Å². The number of aliphatic imine (C=N–C) groups is 1. The van der Waals surface area contributed by atoms with Gasteiger partial charge < -0.3 is 10.5 Å². The Morgan fingerprint density at radius 1 is 0.889 bits per heavy atom. The van der Waals surface area contributed by atoms with Gasteiger partial charge in [-0.05, 0) is 47.5 Å². The highest BCUT2D eigenvalue weighted by Gasteiger charge is 2.17. The molecule has 0 radical (unpaired) electrons. The van der Waals surface area contributed by atoms with Crippen LogP contribution in [-0.2, 0) is 0 Å². The summed E-state index contributed by atoms with van der Waals surface area (Å²) in [6.07, 6.45) is 0. The maximum absolute atomic E-state index is 13.3. The van der Waals surface area contributed by atoms with Crippen molar-refractivity contribution in [2.24, 2.45) is 10.7 Å². The number of methoxy groups -OCH3 is 1. The smallest absolute Gasteiger partial charge is 0.160 e. The van der Waals surface area contributed by atoms with E-state index in [4.69, 9.17) is 10.5 Å². The summed E-state index contributed by atoms with van der Waals surface area (Å²) in [6, 6.07) is 19.6. The van der Waals surface area contributed by atoms with Gasteiger partial charge in [-0.3, -0.25) is 0 Å². The monoisotopic (exact) mass is 384 g/mol. The number of ether oxygens (including phenoxy) is 1. The highest BCUT2D eigenvalue weighted by atomic mass is 32.2. The van der Waals surface area contributed by atoms with E-state index in [0.717, 1.165) is 11.1 Å². The van der Waals surface area contributed by atoms with Crippen LogP contribution in [-0.4, -0.2) is 12.3 Å². The van der Waals surface area contributed by atoms with Crippen molar-refractivity contribution in [2.45, 2.75) is 5.25 Å². The zero-order valence-electron chi connectivity index (χ0n) is 14.6. The van der Waals surface area contributed by atoms with Crippen molar-refractivity contribution >= 4 is 22.6 Å². The number of para-hydroxylation sites is 2. The summed E-state index contributed by atoms with van der Waals surface area (Å²) in [7, 11) is 1.57. The fourth-order valence-electron chi connectivity index (χ4n) is 2.59. The van der Waals surface area contributed by atoms with Crippen LogP contribution < -0.4 is 10.5 Å². The Hall–Kier alpha value is -2.86. The highest BCUT2D eigenvalue weighted by molar-refractivity contribution is 8.14. The molecule has 0 aromatic heterocycles. The summed E-state index contributed by atoms with van der Waals surface area (Å²) < 4.78 is 31.9. The maximum Gasteiger partial charge on any atom is 0.160 e. The van der Waals surface area contributed by atoms with Crippen LogP contribution in [0.2, 0.25) is 0 Å². The summed E-state index contributed by atoms with van der Waals surface area (Å²) in [4.78, 5) is 4.44. The molecular formula is C21H18F2N2OS. The number of benzene rings is 3. The third-order valence-electron chi connectivity index (χ3n) is 3.90. The molecule has 0 aliphatic heterocycles. The van der Waals surface area contributed by atoms with Gasteiger partial charge in [0.15, 0.2) is 5.17 Å². The van der Waals surface area contributed by atoms with E-state index in [1.807, 2.05) is 12.1 Å². The second-order valence-corrected chi connectivity index (χ2v) is 6.85. The Morgan fingerprint density at radius 3 is 1.93 bits per heavy atom. The van der Waals surface area contributed by atoms with Gasteiger partial charge in [0.2, 0.25) is 0 Å². The molecular weight excluding hydrogens is 366 g/mol. The average Bonchev–Trinajstić information content (AvgIpc) is 2.68. The van der Waals surface area contributed by atoms with Gasteiger partial charge in [-0.15, -0.1) is 0 Å². The second kappa shape index (κ2) is 8.68. The normalized spacial score (nSPS) is 11.6. The predicted molar refractivity (Wildman–Crippen MR) is 107 cm³/mol. The van der Waals surface area contributed by atoms with Gasteiger partial charge >= 0.3 is 0 Å². The van der Waals surface area contributed by atoms with Crippen LogP contribution >= 0.6 is 11.8 Å². The summed E-state index contributed by atoms with van der Waals surface area (Å²) in [5.41, 5.74) is 8.47. The molecule has 3 nitrogen and oxygen atoms in total. The van der Waals surface area contributed by atoms with Crippen LogP contribution in [0, 0.1) is 11.6 Å². The van der Waals surface area contributed by atoms with E-state index in [1.54, 1.807) is 43.5 Å². The molecule has 0 saturated heterocycles. The lowest BCUT2D eigenvalue weighted by Crippen LogP contribution is -2.10. The molecule has 0 amide bonds. The van der Waals surface area contributed by atoms with E-state index in [2.05, 4.69) is 4.99 Å². The second-order valence-electron chi connectivity index (χ2n) is 5.72. The Kier molecular flexibility index (Phi) is 6.08. The number of amidine groups is 1. The van der Waals surface area contributed by atoms with Gasteiger partial charge in [-0.2, -0.15) is 0 Å². The summed E-state index contributed by atoms with van der Waals surface area (Å²) in [5, 5.41) is 0.0582. The van der Waals surface area contributed by atoms with Crippen LogP contribution in [0.3, 0.4) is 0 Å². The molecule has 0 bridgehead atoms. The highest BCUT2D eigenvalue weighted by Crippen LogP contribution is 2.37. The predicted octanol–water partition coefficient (Wildman–Crippen LogP) is 5.44. The number of hydrogen-bond donors (Lipinski definition) is 1. The number of rotatable bonds is 5. The zero-order valence-corrected chi connectivity index (χ0v) is 15.4. The van der Waals surface area contributed by atoms with E-state index < -0.39 is 0 Å². The van der Waals surface area contributed by atoms with Crippen LogP contribution in [0.5, 0.6) is 5.75 Å². The van der Waals surface area contributed by atoms with Crippen LogP contribution in [0.4, 0.5) is 14.5 Å². The fourth-order valence-corrected chi connectivity index (χ4v) is 3.57. The summed E-state index contributed by atoms with van der Waals surface area (Å²) >= 11 is 1.30. The lowest BCUT2D eigenvalue weighted by molar-refractivity contribution is 0.416. The van der Waals surface area contributed by atoms with Crippen molar-refractivity contribution in [1.29, 1.82) is 0 Å². The number of thioether (sulfide) groups is 1. The van der Waals surface area contributed by atoms with Crippen molar-refractivity contribution in [2.75, 3.05) is 7.11 Å². The minimum absolute atomic E-state index is 0.260. The molecule has 0 unspecified atom stereocenters. The van der Waals surface area contributed by atoms with Gasteiger partial charge in [0, 0.05) is 0 Å². The topological polar surface area (TPSA) is 47.6 Å². The first-order chi connectivity index (χ1) is 13.1. The molecule has 2 N–H and O–H groups in total. The first kappa shape index (κ1) is 18.9.